The maximum absolute atomic E-state index is 7.88. The van der Waals surface area contributed by atoms with Gasteiger partial charge in [0.1, 0.15) is 0 Å². The van der Waals surface area contributed by atoms with Crippen LogP contribution in [0.3, 0.4) is 0 Å². The fourth-order valence-corrected chi connectivity index (χ4v) is 3.20. The molecular formula is C10H14. The van der Waals surface area contributed by atoms with Crippen molar-refractivity contribution in [2.75, 3.05) is 0 Å². The molecule has 0 nitrogen and oxygen atoms in total. The van der Waals surface area contributed by atoms with Gasteiger partial charge in [0.15, 0.2) is 0 Å². The summed E-state index contributed by atoms with van der Waals surface area (Å²) >= 11 is 0. The normalized spacial score (nSPS) is 52.0. The topological polar surface area (TPSA) is 0 Å². The van der Waals surface area contributed by atoms with Crippen molar-refractivity contribution < 1.29 is 1.37 Å². The lowest BCUT2D eigenvalue weighted by molar-refractivity contribution is 0.168. The van der Waals surface area contributed by atoms with Crippen LogP contribution in [0.25, 0.3) is 0 Å². The smallest absolute Gasteiger partial charge is 0.0578 e. The van der Waals surface area contributed by atoms with Crippen LogP contribution in [0.15, 0.2) is 11.6 Å². The van der Waals surface area contributed by atoms with E-state index in [0.29, 0.717) is 5.92 Å². The van der Waals surface area contributed by atoms with Gasteiger partial charge in [-0.1, -0.05) is 11.6 Å². The summed E-state index contributed by atoms with van der Waals surface area (Å²) in [7, 11) is 0. The molecule has 2 saturated carbocycles. The molecule has 0 spiro atoms. The van der Waals surface area contributed by atoms with Crippen LogP contribution in [0, 0.1) is 17.8 Å². The highest BCUT2D eigenvalue weighted by Gasteiger charge is 2.36. The summed E-state index contributed by atoms with van der Waals surface area (Å²) in [5.74, 6) is 2.66. The molecule has 0 heterocycles. The van der Waals surface area contributed by atoms with Crippen molar-refractivity contribution in [3.63, 3.8) is 0 Å². The predicted octanol–water partition coefficient (Wildman–Crippen LogP) is 2.75. The third kappa shape index (κ3) is 0.624. The number of rotatable bonds is 0. The first kappa shape index (κ1) is 4.58. The van der Waals surface area contributed by atoms with Gasteiger partial charge in [0.05, 0.1) is 1.37 Å². The van der Waals surface area contributed by atoms with Crippen molar-refractivity contribution in [3.8, 4) is 0 Å². The minimum Gasteiger partial charge on any atom is -0.0822 e. The van der Waals surface area contributed by atoms with Gasteiger partial charge < -0.3 is 0 Å². The van der Waals surface area contributed by atoms with Crippen LogP contribution in [0.4, 0.5) is 0 Å². The van der Waals surface area contributed by atoms with Gasteiger partial charge in [0.2, 0.25) is 0 Å². The van der Waals surface area contributed by atoms with Crippen LogP contribution in [0.1, 0.15) is 33.5 Å². The fraction of sp³-hybridized carbons (Fsp3) is 0.800. The maximum atomic E-state index is 7.88. The lowest BCUT2D eigenvalue weighted by Crippen LogP contribution is -2.31. The molecule has 0 heteroatoms. The molecule has 3 atom stereocenters. The van der Waals surface area contributed by atoms with E-state index in [1.54, 1.807) is 0 Å². The van der Waals surface area contributed by atoms with Crippen LogP contribution in [0.2, 0.25) is 0 Å². The Labute approximate surface area is 63.7 Å². The molecule has 1 unspecified atom stereocenters. The van der Waals surface area contributed by atoms with Gasteiger partial charge in [-0.3, -0.25) is 0 Å². The Hall–Kier alpha value is -0.260. The molecule has 4 rings (SSSR count). The van der Waals surface area contributed by atoms with Gasteiger partial charge in [0, 0.05) is 0 Å². The Morgan fingerprint density at radius 3 is 2.50 bits per heavy atom. The lowest BCUT2D eigenvalue weighted by atomic mass is 9.61. The summed E-state index contributed by atoms with van der Waals surface area (Å²) in [6.07, 6.45) is 6.74. The molecule has 0 aromatic heterocycles. The molecule has 0 amide bonds. The van der Waals surface area contributed by atoms with E-state index in [1.807, 2.05) is 0 Å². The SMILES string of the molecule is [2H]C1=C2C[C@@H]3CC1C[C@H](C2)C3. The van der Waals surface area contributed by atoms with Gasteiger partial charge in [-0.2, -0.15) is 0 Å². The van der Waals surface area contributed by atoms with Gasteiger partial charge in [-0.25, -0.2) is 0 Å². The molecule has 4 aliphatic carbocycles. The van der Waals surface area contributed by atoms with Crippen LogP contribution < -0.4 is 0 Å². The molecule has 0 aromatic rings. The summed E-state index contributed by atoms with van der Waals surface area (Å²) in [5.41, 5.74) is 1.52. The Morgan fingerprint density at radius 1 is 1.20 bits per heavy atom. The highest BCUT2D eigenvalue weighted by molar-refractivity contribution is 5.17. The minimum absolute atomic E-state index is 0.691. The van der Waals surface area contributed by atoms with Gasteiger partial charge >= 0.3 is 0 Å². The van der Waals surface area contributed by atoms with E-state index in [9.17, 15) is 0 Å². The van der Waals surface area contributed by atoms with Crippen LogP contribution in [0.5, 0.6) is 0 Å². The zero-order valence-corrected chi connectivity index (χ0v) is 6.27. The van der Waals surface area contributed by atoms with E-state index in [0.717, 1.165) is 17.9 Å². The van der Waals surface area contributed by atoms with Crippen molar-refractivity contribution in [1.82, 2.24) is 0 Å². The Balaban J connectivity index is 2.07. The van der Waals surface area contributed by atoms with Crippen molar-refractivity contribution in [2.45, 2.75) is 32.1 Å². The average molecular weight is 135 g/mol. The van der Waals surface area contributed by atoms with Gasteiger partial charge in [-0.05, 0) is 49.9 Å². The summed E-state index contributed by atoms with van der Waals surface area (Å²) in [6.45, 7) is 0. The monoisotopic (exact) mass is 135 g/mol. The van der Waals surface area contributed by atoms with E-state index in [1.165, 1.54) is 37.7 Å². The Bertz CT molecular complexity index is 213. The summed E-state index contributed by atoms with van der Waals surface area (Å²) in [6, 6.07) is 1.04. The zero-order chi connectivity index (χ0) is 7.42. The Morgan fingerprint density at radius 2 is 1.90 bits per heavy atom. The molecule has 0 saturated heterocycles. The third-order valence-corrected chi connectivity index (χ3v) is 3.38. The molecule has 0 aliphatic heterocycles. The molecule has 10 heavy (non-hydrogen) atoms. The van der Waals surface area contributed by atoms with Gasteiger partial charge in [-0.15, -0.1) is 0 Å². The number of hydrogen-bond acceptors (Lipinski definition) is 0. The van der Waals surface area contributed by atoms with Crippen LogP contribution in [-0.4, -0.2) is 0 Å². The molecule has 54 valence electrons. The predicted molar refractivity (Wildman–Crippen MR) is 41.6 cm³/mol. The maximum Gasteiger partial charge on any atom is 0.0578 e. The first-order valence-electron chi connectivity index (χ1n) is 5.01. The highest BCUT2D eigenvalue weighted by Crippen LogP contribution is 2.49. The van der Waals surface area contributed by atoms with Gasteiger partial charge in [0.25, 0.3) is 0 Å². The first-order valence-corrected chi connectivity index (χ1v) is 4.51. The largest absolute Gasteiger partial charge is 0.0822 e. The summed E-state index contributed by atoms with van der Waals surface area (Å²) in [4.78, 5) is 0. The first-order chi connectivity index (χ1) is 5.33. The molecule has 0 radical (unpaired) electrons. The van der Waals surface area contributed by atoms with E-state index < -0.39 is 0 Å². The molecular weight excluding hydrogens is 120 g/mol. The van der Waals surface area contributed by atoms with E-state index in [4.69, 9.17) is 1.37 Å². The highest BCUT2D eigenvalue weighted by atomic mass is 14.4. The second-order valence-corrected chi connectivity index (χ2v) is 4.29. The quantitative estimate of drug-likeness (QED) is 0.448. The van der Waals surface area contributed by atoms with Crippen LogP contribution in [-0.2, 0) is 0 Å². The van der Waals surface area contributed by atoms with Crippen molar-refractivity contribution >= 4 is 0 Å². The second-order valence-electron chi connectivity index (χ2n) is 4.29. The third-order valence-electron chi connectivity index (χ3n) is 3.38. The number of hydrogen-bond donors (Lipinski definition) is 0. The average Bonchev–Trinajstić information content (AvgIpc) is 1.98. The van der Waals surface area contributed by atoms with Crippen molar-refractivity contribution in [1.29, 1.82) is 0 Å². The number of allylic oxidation sites excluding steroid dienone is 2. The van der Waals surface area contributed by atoms with Crippen LogP contribution >= 0.6 is 0 Å². The molecule has 4 bridgehead atoms. The zero-order valence-electron chi connectivity index (χ0n) is 7.27. The lowest BCUT2D eigenvalue weighted by Gasteiger charge is -2.44. The minimum atomic E-state index is 0.691. The fourth-order valence-electron chi connectivity index (χ4n) is 3.20. The molecule has 0 aromatic carbocycles. The molecule has 0 N–H and O–H groups in total. The molecule has 4 aliphatic rings. The summed E-state index contributed by atoms with van der Waals surface area (Å²) < 4.78 is 7.88. The van der Waals surface area contributed by atoms with Crippen molar-refractivity contribution in [3.05, 3.63) is 11.6 Å². The second kappa shape index (κ2) is 1.66. The van der Waals surface area contributed by atoms with E-state index >= 15 is 0 Å². The van der Waals surface area contributed by atoms with E-state index in [2.05, 4.69) is 0 Å². The van der Waals surface area contributed by atoms with Crippen molar-refractivity contribution in [2.24, 2.45) is 17.8 Å². The standard InChI is InChI=1S/C10H14/c1-7-2-9-4-8(1)5-10(3-7)6-9/h1,7,9-10H,2-6H2/t7?,9-,10+/i1D. The summed E-state index contributed by atoms with van der Waals surface area (Å²) in [5, 5.41) is 0. The van der Waals surface area contributed by atoms with E-state index in [-0.39, 0.29) is 0 Å². The molecule has 2 fully saturated rings. The Kier molecular flexibility index (Phi) is 0.763.